The number of hydrogen-bond donors (Lipinski definition) is 3. The third kappa shape index (κ3) is 3.84. The van der Waals surface area contributed by atoms with E-state index in [1.165, 1.54) is 18.3 Å². The summed E-state index contributed by atoms with van der Waals surface area (Å²) < 4.78 is 12.3. The highest BCUT2D eigenvalue weighted by Crippen LogP contribution is 2.41. The molecule has 1 unspecified atom stereocenters. The monoisotopic (exact) mass is 453 g/mol. The van der Waals surface area contributed by atoms with Crippen molar-refractivity contribution in [3.63, 3.8) is 0 Å². The number of aliphatic hydroxyl groups excluding tert-OH is 1. The Morgan fingerprint density at radius 2 is 2.12 bits per heavy atom. The van der Waals surface area contributed by atoms with Crippen LogP contribution in [0.25, 0.3) is 5.76 Å². The Balaban J connectivity index is 1.75. The van der Waals surface area contributed by atoms with E-state index >= 15 is 0 Å². The fraction of sp³-hybridized carbons (Fsp3) is 0.304. The molecular formula is C23H25N4O6+. The molecule has 3 aromatic heterocycles. The van der Waals surface area contributed by atoms with E-state index in [0.29, 0.717) is 30.0 Å². The smallest absolute Gasteiger partial charge is 0.354 e. The standard InChI is InChI=1S/C23H24N4O6/c1-13-16(14(2)25-18(13)23(31)32-3)20(28)17-19(15-6-4-11-33-15)27(22(30)21(17)29)9-5-8-26-10-7-24-12-26/h4,6-7,10-12,19H,5,8-9H2,1-3H3,(H2,25,28,29,31)/p+1. The van der Waals surface area contributed by atoms with Gasteiger partial charge < -0.3 is 24.1 Å². The van der Waals surface area contributed by atoms with Gasteiger partial charge in [-0.2, -0.15) is 0 Å². The molecule has 1 saturated heterocycles. The number of methoxy groups -OCH3 is 1. The summed E-state index contributed by atoms with van der Waals surface area (Å²) >= 11 is 0. The predicted octanol–water partition coefficient (Wildman–Crippen LogP) is 2.14. The van der Waals surface area contributed by atoms with Crippen LogP contribution in [0.2, 0.25) is 0 Å². The lowest BCUT2D eigenvalue weighted by Gasteiger charge is -2.23. The molecule has 3 N–H and O–H groups in total. The van der Waals surface area contributed by atoms with E-state index in [-0.39, 0.29) is 29.1 Å². The zero-order valence-corrected chi connectivity index (χ0v) is 18.5. The van der Waals surface area contributed by atoms with Crippen molar-refractivity contribution in [1.82, 2.24) is 14.9 Å². The van der Waals surface area contributed by atoms with Crippen molar-refractivity contribution in [2.24, 2.45) is 0 Å². The van der Waals surface area contributed by atoms with Gasteiger partial charge in [0, 0.05) is 24.2 Å². The number of aryl methyl sites for hydroxylation is 2. The summed E-state index contributed by atoms with van der Waals surface area (Å²) in [6.45, 7) is 4.22. The summed E-state index contributed by atoms with van der Waals surface area (Å²) in [5, 5.41) is 11.3. The molecule has 0 bridgehead atoms. The second kappa shape index (κ2) is 8.81. The molecule has 10 nitrogen and oxygen atoms in total. The number of likely N-dealkylation sites (tertiary alicyclic amines) is 1. The fourth-order valence-corrected chi connectivity index (χ4v) is 4.28. The van der Waals surface area contributed by atoms with Gasteiger partial charge in [0.2, 0.25) is 6.33 Å². The molecule has 4 rings (SSSR count). The van der Waals surface area contributed by atoms with Crippen LogP contribution in [0.15, 0.2) is 47.1 Å². The number of amides is 1. The van der Waals surface area contributed by atoms with E-state index in [1.807, 2.05) is 10.8 Å². The first-order chi connectivity index (χ1) is 15.8. The molecule has 10 heteroatoms. The zero-order valence-electron chi connectivity index (χ0n) is 18.5. The number of imidazole rings is 1. The largest absolute Gasteiger partial charge is 0.507 e. The van der Waals surface area contributed by atoms with Crippen molar-refractivity contribution < 1.29 is 33.2 Å². The first-order valence-corrected chi connectivity index (χ1v) is 10.5. The molecular weight excluding hydrogens is 428 g/mol. The number of carbonyl (C=O) groups excluding carboxylic acids is 3. The lowest BCUT2D eigenvalue weighted by Crippen LogP contribution is -2.35. The van der Waals surface area contributed by atoms with E-state index in [1.54, 1.807) is 38.5 Å². The molecule has 1 atom stereocenters. The van der Waals surface area contributed by atoms with Crippen LogP contribution < -0.4 is 4.57 Å². The Bertz CT molecular complexity index is 1220. The number of nitrogens with zero attached hydrogens (tertiary/aromatic N) is 2. The molecule has 0 saturated carbocycles. The van der Waals surface area contributed by atoms with E-state index in [2.05, 4.69) is 9.97 Å². The normalized spacial score (nSPS) is 17.7. The average Bonchev–Trinajstić information content (AvgIpc) is 3.58. The van der Waals surface area contributed by atoms with Crippen LogP contribution in [0.1, 0.15) is 45.5 Å². The summed E-state index contributed by atoms with van der Waals surface area (Å²) in [5.74, 6) is -2.11. The van der Waals surface area contributed by atoms with Gasteiger partial charge in [-0.1, -0.05) is 0 Å². The number of Topliss-reactive ketones (excluding diaryl/α,β-unsaturated/α-hetero) is 1. The predicted molar refractivity (Wildman–Crippen MR) is 115 cm³/mol. The molecule has 1 fully saturated rings. The summed E-state index contributed by atoms with van der Waals surface area (Å²) in [6.07, 6.45) is 7.50. The van der Waals surface area contributed by atoms with Gasteiger partial charge in [0.05, 0.1) is 25.5 Å². The molecule has 1 aliphatic rings. The number of aliphatic hydroxyl groups is 1. The van der Waals surface area contributed by atoms with Gasteiger partial charge in [0.15, 0.2) is 0 Å². The minimum Gasteiger partial charge on any atom is -0.507 e. The number of ketones is 1. The van der Waals surface area contributed by atoms with Gasteiger partial charge in [0.25, 0.3) is 11.7 Å². The lowest BCUT2D eigenvalue weighted by atomic mass is 9.97. The van der Waals surface area contributed by atoms with Crippen LogP contribution >= 0.6 is 0 Å². The van der Waals surface area contributed by atoms with Gasteiger partial charge in [-0.3, -0.25) is 14.6 Å². The van der Waals surface area contributed by atoms with Crippen LogP contribution in [0.4, 0.5) is 0 Å². The van der Waals surface area contributed by atoms with Crippen molar-refractivity contribution in [2.75, 3.05) is 13.7 Å². The number of aromatic amines is 2. The first kappa shape index (κ1) is 22.1. The lowest BCUT2D eigenvalue weighted by molar-refractivity contribution is -0.695. The minimum atomic E-state index is -0.883. The van der Waals surface area contributed by atoms with E-state index in [9.17, 15) is 19.5 Å². The fourth-order valence-electron chi connectivity index (χ4n) is 4.28. The highest BCUT2D eigenvalue weighted by atomic mass is 16.5. The molecule has 0 radical (unpaired) electrons. The van der Waals surface area contributed by atoms with Crippen molar-refractivity contribution in [1.29, 1.82) is 0 Å². The van der Waals surface area contributed by atoms with Crippen molar-refractivity contribution in [3.05, 3.63) is 71.0 Å². The molecule has 0 spiro atoms. The Morgan fingerprint density at radius 1 is 1.33 bits per heavy atom. The number of rotatable bonds is 7. The molecule has 1 amide bonds. The van der Waals surface area contributed by atoms with Crippen LogP contribution in [0.3, 0.4) is 0 Å². The molecule has 3 aromatic rings. The SMILES string of the molecule is COC(=O)c1[nH]c(C)c(/C(O)=C2\C(=O)C(=O)N(CCC[n+]3cc[nH]c3)C2c2ccco2)c1C. The summed E-state index contributed by atoms with van der Waals surface area (Å²) in [6, 6.07) is 2.44. The highest BCUT2D eigenvalue weighted by molar-refractivity contribution is 6.46. The Hall–Kier alpha value is -4.08. The van der Waals surface area contributed by atoms with Gasteiger partial charge in [-0.25, -0.2) is 9.36 Å². The van der Waals surface area contributed by atoms with E-state index in [0.717, 1.165) is 0 Å². The Kier molecular flexibility index (Phi) is 5.91. The van der Waals surface area contributed by atoms with Crippen molar-refractivity contribution >= 4 is 23.4 Å². The minimum absolute atomic E-state index is 0.0779. The third-order valence-corrected chi connectivity index (χ3v) is 5.83. The molecule has 0 aliphatic carbocycles. The molecule has 172 valence electrons. The second-order valence-corrected chi connectivity index (χ2v) is 7.83. The molecule has 33 heavy (non-hydrogen) atoms. The quantitative estimate of drug-likeness (QED) is 0.165. The highest BCUT2D eigenvalue weighted by Gasteiger charge is 2.47. The summed E-state index contributed by atoms with van der Waals surface area (Å²) in [7, 11) is 1.26. The summed E-state index contributed by atoms with van der Waals surface area (Å²) in [4.78, 5) is 45.4. The number of carbonyl (C=O) groups is 3. The second-order valence-electron chi connectivity index (χ2n) is 7.83. The van der Waals surface area contributed by atoms with Crippen molar-refractivity contribution in [2.45, 2.75) is 32.9 Å². The zero-order chi connectivity index (χ0) is 23.7. The number of hydrogen-bond acceptors (Lipinski definition) is 6. The Morgan fingerprint density at radius 3 is 2.76 bits per heavy atom. The third-order valence-electron chi connectivity index (χ3n) is 5.83. The van der Waals surface area contributed by atoms with Crippen LogP contribution in [0, 0.1) is 13.8 Å². The van der Waals surface area contributed by atoms with Crippen LogP contribution in [0.5, 0.6) is 0 Å². The number of furan rings is 1. The van der Waals surface area contributed by atoms with Crippen LogP contribution in [-0.4, -0.2) is 51.3 Å². The van der Waals surface area contributed by atoms with Gasteiger partial charge in [-0.15, -0.1) is 0 Å². The first-order valence-electron chi connectivity index (χ1n) is 10.5. The maximum atomic E-state index is 13.1. The maximum absolute atomic E-state index is 13.1. The van der Waals surface area contributed by atoms with Crippen LogP contribution in [-0.2, 0) is 20.9 Å². The number of aromatic nitrogens is 3. The molecule has 0 aromatic carbocycles. The van der Waals surface area contributed by atoms with Gasteiger partial charge >= 0.3 is 5.97 Å². The number of H-pyrrole nitrogens is 2. The maximum Gasteiger partial charge on any atom is 0.354 e. The van der Waals surface area contributed by atoms with Gasteiger partial charge in [0.1, 0.15) is 35.6 Å². The average molecular weight is 453 g/mol. The number of nitrogens with one attached hydrogen (secondary N) is 2. The van der Waals surface area contributed by atoms with Gasteiger partial charge in [-0.05, 0) is 31.5 Å². The van der Waals surface area contributed by atoms with E-state index < -0.39 is 23.7 Å². The number of ether oxygens (including phenoxy) is 1. The topological polar surface area (TPSA) is 133 Å². The molecule has 1 aliphatic heterocycles. The molecule has 4 heterocycles. The van der Waals surface area contributed by atoms with Crippen molar-refractivity contribution in [3.8, 4) is 0 Å². The summed E-state index contributed by atoms with van der Waals surface area (Å²) in [5.41, 5.74) is 1.27. The Labute approximate surface area is 189 Å². The van der Waals surface area contributed by atoms with E-state index in [4.69, 9.17) is 9.15 Å². The number of esters is 1.